The van der Waals surface area contributed by atoms with Crippen LogP contribution in [0.1, 0.15) is 37.7 Å². The van der Waals surface area contributed by atoms with Crippen LogP contribution in [-0.4, -0.2) is 53.7 Å². The van der Waals surface area contributed by atoms with Crippen LogP contribution < -0.4 is 5.32 Å². The Balaban J connectivity index is 1.73. The molecule has 0 spiro atoms. The van der Waals surface area contributed by atoms with Gasteiger partial charge in [-0.05, 0) is 25.0 Å². The standard InChI is InChI=1S/C21H25F2N3O4/c1-4-29-19(27)9-21(11-26(12-21)10-13(2)3)24-20(28)17-8-18(30-25-17)15-6-5-14(22)7-16(15)23/h5-8,13H,4,9-12H2,1-3H3,(H,24,28). The Morgan fingerprint density at radius 2 is 2.03 bits per heavy atom. The van der Waals surface area contributed by atoms with Crippen molar-refractivity contribution in [2.75, 3.05) is 26.2 Å². The second-order valence-electron chi connectivity index (χ2n) is 7.98. The van der Waals surface area contributed by atoms with Crippen molar-refractivity contribution in [1.82, 2.24) is 15.4 Å². The fourth-order valence-corrected chi connectivity index (χ4v) is 3.68. The van der Waals surface area contributed by atoms with Crippen molar-refractivity contribution < 1.29 is 27.6 Å². The average Bonchev–Trinajstić information content (AvgIpc) is 3.10. The first-order chi connectivity index (χ1) is 14.2. The lowest BCUT2D eigenvalue weighted by Crippen LogP contribution is -2.71. The zero-order valence-corrected chi connectivity index (χ0v) is 17.2. The Kier molecular flexibility index (Phi) is 6.50. The molecule has 1 aromatic heterocycles. The van der Waals surface area contributed by atoms with Gasteiger partial charge in [-0.3, -0.25) is 14.5 Å². The van der Waals surface area contributed by atoms with Gasteiger partial charge in [0, 0.05) is 31.8 Å². The van der Waals surface area contributed by atoms with Crippen LogP contribution in [-0.2, 0) is 9.53 Å². The predicted molar refractivity (Wildman–Crippen MR) is 105 cm³/mol. The molecule has 1 fully saturated rings. The molecular weight excluding hydrogens is 396 g/mol. The molecule has 3 rings (SSSR count). The second kappa shape index (κ2) is 8.91. The van der Waals surface area contributed by atoms with Gasteiger partial charge in [0.15, 0.2) is 11.5 Å². The highest BCUT2D eigenvalue weighted by Crippen LogP contribution is 2.28. The van der Waals surface area contributed by atoms with E-state index in [9.17, 15) is 18.4 Å². The van der Waals surface area contributed by atoms with Crippen LogP contribution in [0.3, 0.4) is 0 Å². The summed E-state index contributed by atoms with van der Waals surface area (Å²) < 4.78 is 37.2. The Bertz CT molecular complexity index is 923. The summed E-state index contributed by atoms with van der Waals surface area (Å²) in [6, 6.07) is 4.31. The molecule has 2 aromatic rings. The minimum Gasteiger partial charge on any atom is -0.466 e. The molecule has 7 nitrogen and oxygen atoms in total. The lowest BCUT2D eigenvalue weighted by atomic mass is 9.85. The minimum atomic E-state index is -0.819. The fraction of sp³-hybridized carbons (Fsp3) is 0.476. The molecule has 1 amide bonds. The molecule has 0 saturated carbocycles. The summed E-state index contributed by atoms with van der Waals surface area (Å²) in [4.78, 5) is 26.9. The number of rotatable bonds is 8. The number of nitrogens with zero attached hydrogens (tertiary/aromatic N) is 2. The molecule has 1 aliphatic heterocycles. The number of benzene rings is 1. The lowest BCUT2D eigenvalue weighted by molar-refractivity contribution is -0.147. The summed E-state index contributed by atoms with van der Waals surface area (Å²) >= 11 is 0. The van der Waals surface area contributed by atoms with Crippen molar-refractivity contribution >= 4 is 11.9 Å². The van der Waals surface area contributed by atoms with Gasteiger partial charge in [0.25, 0.3) is 5.91 Å². The number of likely N-dealkylation sites (tertiary alicyclic amines) is 1. The summed E-state index contributed by atoms with van der Waals surface area (Å²) in [5.41, 5.74) is -0.825. The predicted octanol–water partition coefficient (Wildman–Crippen LogP) is 3.01. The Labute approximate surface area is 173 Å². The third-order valence-electron chi connectivity index (χ3n) is 4.78. The van der Waals surface area contributed by atoms with Gasteiger partial charge in [-0.2, -0.15) is 0 Å². The summed E-state index contributed by atoms with van der Waals surface area (Å²) in [6.07, 6.45) is 0.0402. The highest BCUT2D eigenvalue weighted by molar-refractivity contribution is 5.94. The third-order valence-corrected chi connectivity index (χ3v) is 4.78. The molecule has 0 radical (unpaired) electrons. The summed E-state index contributed by atoms with van der Waals surface area (Å²) in [7, 11) is 0. The van der Waals surface area contributed by atoms with Gasteiger partial charge in [0.05, 0.1) is 24.1 Å². The third kappa shape index (κ3) is 5.02. The first kappa shape index (κ1) is 21.9. The van der Waals surface area contributed by atoms with Crippen LogP contribution in [0.4, 0.5) is 8.78 Å². The van der Waals surface area contributed by atoms with E-state index in [1.54, 1.807) is 6.92 Å². The topological polar surface area (TPSA) is 84.7 Å². The van der Waals surface area contributed by atoms with Crippen LogP contribution in [0.5, 0.6) is 0 Å². The number of nitrogens with one attached hydrogen (secondary N) is 1. The van der Waals surface area contributed by atoms with Gasteiger partial charge in [0.1, 0.15) is 11.6 Å². The number of amides is 1. The quantitative estimate of drug-likeness (QED) is 0.660. The molecule has 162 valence electrons. The molecular formula is C21H25F2N3O4. The molecule has 9 heteroatoms. The molecule has 30 heavy (non-hydrogen) atoms. The van der Waals surface area contributed by atoms with Gasteiger partial charge in [0.2, 0.25) is 0 Å². The Morgan fingerprint density at radius 3 is 2.67 bits per heavy atom. The minimum absolute atomic E-state index is 0.00376. The van der Waals surface area contributed by atoms with E-state index in [0.29, 0.717) is 19.0 Å². The summed E-state index contributed by atoms with van der Waals surface area (Å²) in [6.45, 7) is 8.03. The average molecular weight is 421 g/mol. The van der Waals surface area contributed by atoms with Crippen LogP contribution >= 0.6 is 0 Å². The molecule has 0 bridgehead atoms. The molecule has 2 heterocycles. The smallest absolute Gasteiger partial charge is 0.308 e. The van der Waals surface area contributed by atoms with Gasteiger partial charge in [-0.15, -0.1) is 0 Å². The molecule has 1 aromatic carbocycles. The summed E-state index contributed by atoms with van der Waals surface area (Å²) in [5, 5.41) is 6.57. The zero-order chi connectivity index (χ0) is 21.9. The number of aromatic nitrogens is 1. The van der Waals surface area contributed by atoms with Gasteiger partial charge < -0.3 is 14.6 Å². The first-order valence-electron chi connectivity index (χ1n) is 9.84. The number of hydrogen-bond donors (Lipinski definition) is 1. The van der Waals surface area contributed by atoms with Crippen molar-refractivity contribution in [3.63, 3.8) is 0 Å². The van der Waals surface area contributed by atoms with E-state index in [0.717, 1.165) is 18.7 Å². The SMILES string of the molecule is CCOC(=O)CC1(NC(=O)c2cc(-c3ccc(F)cc3F)on2)CN(CC(C)C)C1. The first-order valence-corrected chi connectivity index (χ1v) is 9.84. The van der Waals surface area contributed by atoms with E-state index < -0.39 is 29.0 Å². The van der Waals surface area contributed by atoms with Crippen LogP contribution in [0.2, 0.25) is 0 Å². The van der Waals surface area contributed by atoms with Crippen molar-refractivity contribution in [2.45, 2.75) is 32.7 Å². The highest BCUT2D eigenvalue weighted by atomic mass is 19.1. The molecule has 1 aliphatic rings. The maximum absolute atomic E-state index is 14.0. The summed E-state index contributed by atoms with van der Waals surface area (Å²) in [5.74, 6) is -2.01. The maximum Gasteiger partial charge on any atom is 0.308 e. The molecule has 1 saturated heterocycles. The largest absolute Gasteiger partial charge is 0.466 e. The molecule has 1 N–H and O–H groups in total. The van der Waals surface area contributed by atoms with Gasteiger partial charge in [-0.25, -0.2) is 8.78 Å². The number of ether oxygens (including phenoxy) is 1. The van der Waals surface area contributed by atoms with Crippen molar-refractivity contribution in [1.29, 1.82) is 0 Å². The lowest BCUT2D eigenvalue weighted by Gasteiger charge is -2.50. The van der Waals surface area contributed by atoms with E-state index in [1.165, 1.54) is 12.1 Å². The molecule has 0 atom stereocenters. The van der Waals surface area contributed by atoms with E-state index in [2.05, 4.69) is 29.2 Å². The number of halogens is 2. The van der Waals surface area contributed by atoms with Crippen LogP contribution in [0.15, 0.2) is 28.8 Å². The number of carbonyl (C=O) groups excluding carboxylic acids is 2. The zero-order valence-electron chi connectivity index (χ0n) is 17.2. The van der Waals surface area contributed by atoms with E-state index in [1.807, 2.05) is 0 Å². The molecule has 0 unspecified atom stereocenters. The molecule has 0 aliphatic carbocycles. The van der Waals surface area contributed by atoms with Crippen LogP contribution in [0.25, 0.3) is 11.3 Å². The van der Waals surface area contributed by atoms with Crippen molar-refractivity contribution in [3.8, 4) is 11.3 Å². The van der Waals surface area contributed by atoms with Crippen LogP contribution in [0, 0.1) is 17.6 Å². The van der Waals surface area contributed by atoms with Crippen molar-refractivity contribution in [3.05, 3.63) is 41.6 Å². The normalized spacial score (nSPS) is 15.7. The Morgan fingerprint density at radius 1 is 1.30 bits per heavy atom. The number of esters is 1. The highest BCUT2D eigenvalue weighted by Gasteiger charge is 2.46. The number of carbonyl (C=O) groups is 2. The second-order valence-corrected chi connectivity index (χ2v) is 7.98. The number of hydrogen-bond acceptors (Lipinski definition) is 6. The van der Waals surface area contributed by atoms with E-state index >= 15 is 0 Å². The van der Waals surface area contributed by atoms with E-state index in [4.69, 9.17) is 9.26 Å². The Hall–Kier alpha value is -2.81. The van der Waals surface area contributed by atoms with Crippen molar-refractivity contribution in [2.24, 2.45) is 5.92 Å². The van der Waals surface area contributed by atoms with Gasteiger partial charge >= 0.3 is 5.97 Å². The fourth-order valence-electron chi connectivity index (χ4n) is 3.68. The monoisotopic (exact) mass is 421 g/mol. The maximum atomic E-state index is 14.0. The van der Waals surface area contributed by atoms with Gasteiger partial charge in [-0.1, -0.05) is 19.0 Å². The van der Waals surface area contributed by atoms with E-state index in [-0.39, 0.29) is 30.0 Å².